The number of pyridine rings is 1. The van der Waals surface area contributed by atoms with Crippen LogP contribution in [0.3, 0.4) is 0 Å². The third-order valence-electron chi connectivity index (χ3n) is 3.83. The number of nitrogens with one attached hydrogen (secondary N) is 1. The Morgan fingerprint density at radius 1 is 1.37 bits per heavy atom. The van der Waals surface area contributed by atoms with Crippen LogP contribution in [0.4, 0.5) is 0 Å². The molecule has 0 aromatic carbocycles. The van der Waals surface area contributed by atoms with Crippen LogP contribution >= 0.6 is 0 Å². The van der Waals surface area contributed by atoms with Gasteiger partial charge >= 0.3 is 0 Å². The molecule has 0 saturated heterocycles. The number of aromatic nitrogens is 1. The number of likely N-dealkylation sites (N-methyl/N-ethyl adjacent to an activating group) is 1. The van der Waals surface area contributed by atoms with Crippen LogP contribution in [0.1, 0.15) is 37.7 Å². The monoisotopic (exact) mass is 260 g/mol. The van der Waals surface area contributed by atoms with Gasteiger partial charge in [-0.25, -0.2) is 4.98 Å². The molecule has 1 aliphatic carbocycles. The third kappa shape index (κ3) is 4.06. The van der Waals surface area contributed by atoms with Gasteiger partial charge in [0.1, 0.15) is 0 Å². The molecule has 0 bridgehead atoms. The third-order valence-corrected chi connectivity index (χ3v) is 3.83. The lowest BCUT2D eigenvalue weighted by molar-refractivity contribution is 0.397. The molecule has 1 aromatic heterocycles. The van der Waals surface area contributed by atoms with E-state index in [9.17, 15) is 0 Å². The van der Waals surface area contributed by atoms with E-state index in [4.69, 9.17) is 4.74 Å². The van der Waals surface area contributed by atoms with Gasteiger partial charge in [-0.3, -0.25) is 0 Å². The molecule has 104 valence electrons. The molecule has 1 saturated carbocycles. The summed E-state index contributed by atoms with van der Waals surface area (Å²) in [4.78, 5) is 4.27. The van der Waals surface area contributed by atoms with Crippen molar-refractivity contribution in [3.8, 4) is 5.88 Å². The quantitative estimate of drug-likeness (QED) is 0.882. The van der Waals surface area contributed by atoms with Crippen molar-refractivity contribution in [2.45, 2.75) is 32.1 Å². The highest BCUT2D eigenvalue weighted by Gasteiger charge is 2.17. The first kappa shape index (κ1) is 14.1. The van der Waals surface area contributed by atoms with Crippen LogP contribution in [-0.4, -0.2) is 25.7 Å². The molecule has 3 heteroatoms. The van der Waals surface area contributed by atoms with E-state index in [1.54, 1.807) is 7.11 Å². The molecule has 19 heavy (non-hydrogen) atoms. The fraction of sp³-hybridized carbons (Fsp3) is 0.562. The first-order valence-electron chi connectivity index (χ1n) is 7.18. The fourth-order valence-corrected chi connectivity index (χ4v) is 2.80. The summed E-state index contributed by atoms with van der Waals surface area (Å²) < 4.78 is 5.09. The molecule has 1 aliphatic rings. The lowest BCUT2D eigenvalue weighted by Crippen LogP contribution is -2.19. The molecular weight excluding hydrogens is 236 g/mol. The van der Waals surface area contributed by atoms with Crippen LogP contribution < -0.4 is 10.1 Å². The second kappa shape index (κ2) is 7.29. The zero-order valence-corrected chi connectivity index (χ0v) is 12.0. The summed E-state index contributed by atoms with van der Waals surface area (Å²) in [6.45, 7) is 0.969. The number of hydrogen-bond acceptors (Lipinski definition) is 3. The highest BCUT2D eigenvalue weighted by atomic mass is 16.5. The van der Waals surface area contributed by atoms with Crippen LogP contribution in [0, 0.1) is 5.92 Å². The van der Waals surface area contributed by atoms with Crippen molar-refractivity contribution in [2.75, 3.05) is 20.7 Å². The maximum absolute atomic E-state index is 5.09. The topological polar surface area (TPSA) is 34.1 Å². The predicted octanol–water partition coefficient (Wildman–Crippen LogP) is 3.27. The summed E-state index contributed by atoms with van der Waals surface area (Å²) in [5.74, 6) is 1.41. The van der Waals surface area contributed by atoms with Gasteiger partial charge in [-0.2, -0.15) is 0 Å². The van der Waals surface area contributed by atoms with Gasteiger partial charge < -0.3 is 10.1 Å². The summed E-state index contributed by atoms with van der Waals surface area (Å²) in [6.07, 6.45) is 11.0. The highest BCUT2D eigenvalue weighted by Crippen LogP contribution is 2.30. The van der Waals surface area contributed by atoms with Crippen LogP contribution in [0.25, 0.3) is 6.08 Å². The largest absolute Gasteiger partial charge is 0.481 e. The molecule has 1 aromatic rings. The highest BCUT2D eigenvalue weighted by molar-refractivity contribution is 5.53. The summed E-state index contributed by atoms with van der Waals surface area (Å²) in [7, 11) is 3.66. The van der Waals surface area contributed by atoms with Crippen molar-refractivity contribution < 1.29 is 4.74 Å². The normalized spacial score (nSPS) is 17.5. The van der Waals surface area contributed by atoms with Gasteiger partial charge in [-0.15, -0.1) is 0 Å². The molecule has 0 spiro atoms. The number of nitrogens with zero attached hydrogens (tertiary/aromatic N) is 1. The molecule has 1 heterocycles. The van der Waals surface area contributed by atoms with Crippen molar-refractivity contribution in [3.05, 3.63) is 29.5 Å². The lowest BCUT2D eigenvalue weighted by atomic mass is 9.83. The van der Waals surface area contributed by atoms with Crippen molar-refractivity contribution in [2.24, 2.45) is 5.92 Å². The van der Waals surface area contributed by atoms with E-state index in [0.29, 0.717) is 5.88 Å². The molecule has 2 rings (SSSR count). The Morgan fingerprint density at radius 3 is 2.74 bits per heavy atom. The van der Waals surface area contributed by atoms with Gasteiger partial charge in [0, 0.05) is 18.8 Å². The average Bonchev–Trinajstić information content (AvgIpc) is 2.48. The molecule has 0 unspecified atom stereocenters. The van der Waals surface area contributed by atoms with Crippen molar-refractivity contribution in [3.63, 3.8) is 0 Å². The molecule has 1 N–H and O–H groups in total. The van der Waals surface area contributed by atoms with E-state index >= 15 is 0 Å². The molecule has 0 aliphatic heterocycles. The first-order chi connectivity index (χ1) is 9.33. The summed E-state index contributed by atoms with van der Waals surface area (Å²) in [6, 6.07) is 3.99. The summed E-state index contributed by atoms with van der Waals surface area (Å²) >= 11 is 0. The first-order valence-corrected chi connectivity index (χ1v) is 7.18. The van der Waals surface area contributed by atoms with Crippen LogP contribution in [0.2, 0.25) is 0 Å². The van der Waals surface area contributed by atoms with Gasteiger partial charge in [-0.05, 0) is 37.4 Å². The zero-order valence-electron chi connectivity index (χ0n) is 12.0. The van der Waals surface area contributed by atoms with Gasteiger partial charge in [0.15, 0.2) is 0 Å². The van der Waals surface area contributed by atoms with Crippen molar-refractivity contribution in [1.82, 2.24) is 10.3 Å². The molecule has 3 nitrogen and oxygen atoms in total. The van der Waals surface area contributed by atoms with Gasteiger partial charge in [0.05, 0.1) is 7.11 Å². The second-order valence-corrected chi connectivity index (χ2v) is 5.22. The van der Waals surface area contributed by atoms with Gasteiger partial charge in [-0.1, -0.05) is 30.9 Å². The van der Waals surface area contributed by atoms with E-state index in [-0.39, 0.29) is 0 Å². The Balaban J connectivity index is 2.13. The number of ether oxygens (including phenoxy) is 1. The Morgan fingerprint density at radius 2 is 2.16 bits per heavy atom. The Hall–Kier alpha value is -1.35. The van der Waals surface area contributed by atoms with Crippen LogP contribution in [0.15, 0.2) is 23.9 Å². The van der Waals surface area contributed by atoms with Crippen molar-refractivity contribution in [1.29, 1.82) is 0 Å². The van der Waals surface area contributed by atoms with Crippen LogP contribution in [-0.2, 0) is 0 Å². The predicted molar refractivity (Wildman–Crippen MR) is 79.3 cm³/mol. The minimum Gasteiger partial charge on any atom is -0.481 e. The minimum atomic E-state index is 0.671. The van der Waals surface area contributed by atoms with E-state index in [1.165, 1.54) is 37.7 Å². The van der Waals surface area contributed by atoms with Gasteiger partial charge in [0.2, 0.25) is 5.88 Å². The Labute approximate surface area is 116 Å². The molecule has 0 amide bonds. The minimum absolute atomic E-state index is 0.671. The zero-order chi connectivity index (χ0) is 13.5. The molecular formula is C16H24N2O. The number of rotatable bonds is 5. The fourth-order valence-electron chi connectivity index (χ4n) is 2.80. The van der Waals surface area contributed by atoms with Gasteiger partial charge in [0.25, 0.3) is 0 Å². The number of methoxy groups -OCH3 is 1. The maximum atomic E-state index is 5.09. The smallest absolute Gasteiger partial charge is 0.212 e. The molecule has 0 radical (unpaired) electrons. The van der Waals surface area contributed by atoms with Crippen molar-refractivity contribution >= 4 is 6.08 Å². The average molecular weight is 260 g/mol. The standard InChI is InChI=1S/C16H24N2O/c1-17-12-15(14-6-4-3-5-7-14)10-13-8-9-16(19-2)18-11-13/h8-11,14,17H,3-7,12H2,1-2H3/b15-10-. The van der Waals surface area contributed by atoms with E-state index < -0.39 is 0 Å². The SMILES string of the molecule is CNC/C(=C/c1ccc(OC)nc1)C1CCCCC1. The van der Waals surface area contributed by atoms with E-state index in [0.717, 1.165) is 18.0 Å². The van der Waals surface area contributed by atoms with Crippen LogP contribution in [0.5, 0.6) is 5.88 Å². The lowest BCUT2D eigenvalue weighted by Gasteiger charge is -2.24. The Kier molecular flexibility index (Phi) is 5.40. The molecule has 0 atom stereocenters. The second-order valence-electron chi connectivity index (χ2n) is 5.22. The Bertz CT molecular complexity index is 405. The number of hydrogen-bond donors (Lipinski definition) is 1. The van der Waals surface area contributed by atoms with E-state index in [2.05, 4.69) is 22.4 Å². The maximum Gasteiger partial charge on any atom is 0.212 e. The summed E-state index contributed by atoms with van der Waals surface area (Å²) in [5, 5.41) is 3.29. The summed E-state index contributed by atoms with van der Waals surface area (Å²) in [5.41, 5.74) is 2.67. The molecule has 1 fully saturated rings. The van der Waals surface area contributed by atoms with E-state index in [1.807, 2.05) is 19.3 Å².